The first-order valence-electron chi connectivity index (χ1n) is 6.20. The molecule has 1 N–H and O–H groups in total. The molecule has 0 amide bonds. The lowest BCUT2D eigenvalue weighted by Gasteiger charge is -2.18. The van der Waals surface area contributed by atoms with Crippen LogP contribution < -0.4 is 5.32 Å². The van der Waals surface area contributed by atoms with Crippen LogP contribution in [0.4, 0.5) is 0 Å². The summed E-state index contributed by atoms with van der Waals surface area (Å²) in [4.78, 5) is 4.67. The molecule has 0 bridgehead atoms. The van der Waals surface area contributed by atoms with Crippen molar-refractivity contribution in [3.8, 4) is 0 Å². The third kappa shape index (κ3) is 2.13. The van der Waals surface area contributed by atoms with Crippen LogP contribution in [0.3, 0.4) is 0 Å². The smallest absolute Gasteiger partial charge is 0.211 e. The predicted octanol–water partition coefficient (Wildman–Crippen LogP) is 2.71. The maximum atomic E-state index is 5.62. The monoisotopic (exact) mass is 238 g/mol. The highest BCUT2D eigenvalue weighted by atomic mass is 32.2. The number of hydrogen-bond donors (Lipinski definition) is 1. The minimum absolute atomic E-state index is 0.366. The Bertz CT molecular complexity index is 341. The molecule has 2 aliphatic rings. The molecule has 0 saturated carbocycles. The van der Waals surface area contributed by atoms with Crippen LogP contribution in [-0.4, -0.2) is 23.0 Å². The molecule has 0 aliphatic carbocycles. The zero-order valence-electron chi connectivity index (χ0n) is 9.45. The summed E-state index contributed by atoms with van der Waals surface area (Å²) in [5.41, 5.74) is 1.18. The summed E-state index contributed by atoms with van der Waals surface area (Å²) in [6.45, 7) is 1.10. The average Bonchev–Trinajstić information content (AvgIpc) is 3.01. The Kier molecular flexibility index (Phi) is 3.20. The van der Waals surface area contributed by atoms with Gasteiger partial charge >= 0.3 is 0 Å². The van der Waals surface area contributed by atoms with Gasteiger partial charge in [-0.2, -0.15) is 11.8 Å². The van der Waals surface area contributed by atoms with Gasteiger partial charge in [-0.3, -0.25) is 0 Å². The molecule has 2 unspecified atom stereocenters. The lowest BCUT2D eigenvalue weighted by atomic mass is 10.0. The zero-order valence-corrected chi connectivity index (χ0v) is 10.3. The fourth-order valence-corrected chi connectivity index (χ4v) is 3.68. The molecule has 88 valence electrons. The molecule has 3 heterocycles. The quantitative estimate of drug-likeness (QED) is 0.859. The van der Waals surface area contributed by atoms with Crippen molar-refractivity contribution in [1.82, 2.24) is 10.3 Å². The van der Waals surface area contributed by atoms with E-state index in [0.717, 1.165) is 12.4 Å². The molecular formula is C12H18N2OS. The average molecular weight is 238 g/mol. The van der Waals surface area contributed by atoms with Crippen molar-refractivity contribution in [2.24, 2.45) is 0 Å². The van der Waals surface area contributed by atoms with E-state index in [1.807, 2.05) is 18.0 Å². The summed E-state index contributed by atoms with van der Waals surface area (Å²) in [7, 11) is 0. The zero-order chi connectivity index (χ0) is 10.8. The van der Waals surface area contributed by atoms with E-state index in [0.29, 0.717) is 12.0 Å². The normalized spacial score (nSPS) is 30.8. The highest BCUT2D eigenvalue weighted by Gasteiger charge is 2.24. The van der Waals surface area contributed by atoms with E-state index in [9.17, 15) is 0 Å². The number of thioether (sulfide) groups is 1. The molecule has 1 aromatic rings. The molecule has 3 nitrogen and oxygen atoms in total. The van der Waals surface area contributed by atoms with Crippen LogP contribution in [0.1, 0.15) is 49.2 Å². The molecule has 2 aliphatic heterocycles. The summed E-state index contributed by atoms with van der Waals surface area (Å²) in [5.74, 6) is 4.05. The van der Waals surface area contributed by atoms with E-state index in [-0.39, 0.29) is 0 Å². The molecule has 2 saturated heterocycles. The number of nitrogens with zero attached hydrogens (tertiary/aromatic N) is 1. The maximum absolute atomic E-state index is 5.62. The third-order valence-corrected chi connectivity index (χ3v) is 4.69. The maximum Gasteiger partial charge on any atom is 0.211 e. The van der Waals surface area contributed by atoms with E-state index >= 15 is 0 Å². The van der Waals surface area contributed by atoms with Crippen molar-refractivity contribution in [2.75, 3.05) is 18.1 Å². The van der Waals surface area contributed by atoms with Gasteiger partial charge in [0.25, 0.3) is 0 Å². The number of aromatic nitrogens is 1. The summed E-state index contributed by atoms with van der Waals surface area (Å²) in [6, 6.07) is 0.366. The van der Waals surface area contributed by atoms with Crippen LogP contribution in [-0.2, 0) is 0 Å². The SMILES string of the molecule is c1oc(C2CCCN2)nc1C1CCCSC1. The number of hydrogen-bond acceptors (Lipinski definition) is 4. The van der Waals surface area contributed by atoms with Gasteiger partial charge < -0.3 is 9.73 Å². The fourth-order valence-electron chi connectivity index (χ4n) is 2.52. The van der Waals surface area contributed by atoms with Crippen molar-refractivity contribution in [1.29, 1.82) is 0 Å². The van der Waals surface area contributed by atoms with Crippen LogP contribution in [0.2, 0.25) is 0 Å². The van der Waals surface area contributed by atoms with Crippen LogP contribution in [0.25, 0.3) is 0 Å². The van der Waals surface area contributed by atoms with E-state index in [2.05, 4.69) is 10.3 Å². The minimum Gasteiger partial charge on any atom is -0.447 e. The lowest BCUT2D eigenvalue weighted by Crippen LogP contribution is -2.14. The Labute approximate surface area is 100 Å². The molecular weight excluding hydrogens is 220 g/mol. The van der Waals surface area contributed by atoms with Gasteiger partial charge in [-0.15, -0.1) is 0 Å². The lowest BCUT2D eigenvalue weighted by molar-refractivity contribution is 0.429. The second-order valence-electron chi connectivity index (χ2n) is 4.67. The molecule has 0 aromatic carbocycles. The first-order valence-corrected chi connectivity index (χ1v) is 7.35. The van der Waals surface area contributed by atoms with Crippen LogP contribution in [0.15, 0.2) is 10.7 Å². The summed E-state index contributed by atoms with van der Waals surface area (Å²) in [5, 5.41) is 3.43. The summed E-state index contributed by atoms with van der Waals surface area (Å²) >= 11 is 2.04. The minimum atomic E-state index is 0.366. The summed E-state index contributed by atoms with van der Waals surface area (Å²) < 4.78 is 5.62. The van der Waals surface area contributed by atoms with E-state index in [1.54, 1.807) is 0 Å². The molecule has 16 heavy (non-hydrogen) atoms. The van der Waals surface area contributed by atoms with Crippen LogP contribution in [0.5, 0.6) is 0 Å². The first kappa shape index (κ1) is 10.7. The van der Waals surface area contributed by atoms with Crippen molar-refractivity contribution < 1.29 is 4.42 Å². The Morgan fingerprint density at radius 3 is 3.12 bits per heavy atom. The van der Waals surface area contributed by atoms with Crippen molar-refractivity contribution in [3.63, 3.8) is 0 Å². The second-order valence-corrected chi connectivity index (χ2v) is 5.82. The Morgan fingerprint density at radius 2 is 2.38 bits per heavy atom. The van der Waals surface area contributed by atoms with E-state index in [4.69, 9.17) is 4.42 Å². The molecule has 0 spiro atoms. The van der Waals surface area contributed by atoms with Gasteiger partial charge in [-0.1, -0.05) is 0 Å². The molecule has 0 radical (unpaired) electrons. The number of nitrogens with one attached hydrogen (secondary N) is 1. The Balaban J connectivity index is 1.71. The van der Waals surface area contributed by atoms with Crippen molar-refractivity contribution >= 4 is 11.8 Å². The molecule has 2 fully saturated rings. The highest BCUT2D eigenvalue weighted by molar-refractivity contribution is 7.99. The van der Waals surface area contributed by atoms with E-state index in [1.165, 1.54) is 42.9 Å². The second kappa shape index (κ2) is 4.80. The van der Waals surface area contributed by atoms with Gasteiger partial charge in [0, 0.05) is 11.7 Å². The van der Waals surface area contributed by atoms with Gasteiger partial charge in [0.15, 0.2) is 0 Å². The first-order chi connectivity index (χ1) is 7.93. The van der Waals surface area contributed by atoms with Crippen molar-refractivity contribution in [2.45, 2.75) is 37.6 Å². The fraction of sp³-hybridized carbons (Fsp3) is 0.750. The van der Waals surface area contributed by atoms with E-state index < -0.39 is 0 Å². The largest absolute Gasteiger partial charge is 0.447 e. The van der Waals surface area contributed by atoms with Crippen molar-refractivity contribution in [3.05, 3.63) is 17.8 Å². The van der Waals surface area contributed by atoms with Gasteiger partial charge in [-0.25, -0.2) is 4.98 Å². The molecule has 2 atom stereocenters. The number of oxazole rings is 1. The summed E-state index contributed by atoms with van der Waals surface area (Å²) in [6.07, 6.45) is 6.88. The van der Waals surface area contributed by atoms with Gasteiger partial charge in [0.05, 0.1) is 11.7 Å². The van der Waals surface area contributed by atoms with Gasteiger partial charge in [0.2, 0.25) is 5.89 Å². The van der Waals surface area contributed by atoms with Gasteiger partial charge in [0.1, 0.15) is 6.26 Å². The van der Waals surface area contributed by atoms with Gasteiger partial charge in [-0.05, 0) is 38.0 Å². The molecule has 4 heteroatoms. The number of rotatable bonds is 2. The third-order valence-electron chi connectivity index (χ3n) is 3.48. The molecule has 1 aromatic heterocycles. The van der Waals surface area contributed by atoms with Crippen LogP contribution in [0, 0.1) is 0 Å². The Morgan fingerprint density at radius 1 is 1.38 bits per heavy atom. The van der Waals surface area contributed by atoms with Crippen LogP contribution >= 0.6 is 11.8 Å². The topological polar surface area (TPSA) is 38.1 Å². The molecule has 3 rings (SSSR count). The predicted molar refractivity (Wildman–Crippen MR) is 65.8 cm³/mol. The Hall–Kier alpha value is -0.480. The highest BCUT2D eigenvalue weighted by Crippen LogP contribution is 2.32. The standard InChI is InChI=1S/C12H18N2OS/c1-4-10(13-5-1)12-14-11(7-15-12)9-3-2-6-16-8-9/h7,9-10,13H,1-6,8H2.